The Balaban J connectivity index is 2.66. The molecule has 1 N–H and O–H groups in total. The molecule has 96 valence electrons. The minimum absolute atomic E-state index is 0.0160. The lowest BCUT2D eigenvalue weighted by atomic mass is 9.80. The highest BCUT2D eigenvalue weighted by atomic mass is 16.6. The lowest BCUT2D eigenvalue weighted by Crippen LogP contribution is -2.39. The van der Waals surface area contributed by atoms with Crippen LogP contribution in [0.4, 0.5) is 4.79 Å². The number of carbonyl (C=O) groups is 3. The quantitative estimate of drug-likeness (QED) is 0.632. The Kier molecular flexibility index (Phi) is 4.59. The number of carbonyl (C=O) groups excluding carboxylic acids is 3. The molecule has 0 aliphatic carbocycles. The molecule has 5 nitrogen and oxygen atoms in total. The molecule has 0 aromatic heterocycles. The van der Waals surface area contributed by atoms with Crippen LogP contribution in [0.3, 0.4) is 0 Å². The average Bonchev–Trinajstić information content (AvgIpc) is 2.37. The Hall–Kier alpha value is -2.17. The summed E-state index contributed by atoms with van der Waals surface area (Å²) < 4.78 is 4.03. The molecule has 1 aromatic carbocycles. The first-order valence-electron chi connectivity index (χ1n) is 5.45. The summed E-state index contributed by atoms with van der Waals surface area (Å²) in [7, 11) is 0. The van der Waals surface area contributed by atoms with Crippen molar-refractivity contribution in [2.45, 2.75) is 19.3 Å². The van der Waals surface area contributed by atoms with Crippen molar-refractivity contribution in [3.8, 4) is 0 Å². The van der Waals surface area contributed by atoms with E-state index in [1.54, 1.807) is 13.8 Å². The summed E-state index contributed by atoms with van der Waals surface area (Å²) in [6, 6.07) is 9.25. The number of alkyl carbamates (subject to hydrolysis) is 1. The molecular weight excluding hydrogens is 234 g/mol. The Morgan fingerprint density at radius 1 is 1.28 bits per heavy atom. The first kappa shape index (κ1) is 13.9. The van der Waals surface area contributed by atoms with Crippen molar-refractivity contribution in [3.05, 3.63) is 35.9 Å². The molecule has 1 aromatic rings. The SMILES string of the molecule is CC(C)(C(=O)CNC(=O)OC=O)c1ccccc1. The normalized spacial score (nSPS) is 10.6. The first-order valence-corrected chi connectivity index (χ1v) is 5.45. The van der Waals surface area contributed by atoms with E-state index in [2.05, 4.69) is 10.1 Å². The smallest absolute Gasteiger partial charge is 0.379 e. The van der Waals surface area contributed by atoms with Gasteiger partial charge >= 0.3 is 12.6 Å². The van der Waals surface area contributed by atoms with E-state index in [1.165, 1.54) is 0 Å². The van der Waals surface area contributed by atoms with Crippen LogP contribution in [0.25, 0.3) is 0 Å². The molecule has 0 spiro atoms. The van der Waals surface area contributed by atoms with Crippen LogP contribution in [-0.4, -0.2) is 24.9 Å². The van der Waals surface area contributed by atoms with Crippen LogP contribution in [0.2, 0.25) is 0 Å². The van der Waals surface area contributed by atoms with Crippen molar-refractivity contribution >= 4 is 18.3 Å². The molecule has 0 radical (unpaired) electrons. The van der Waals surface area contributed by atoms with Gasteiger partial charge < -0.3 is 10.1 Å². The third-order valence-electron chi connectivity index (χ3n) is 2.74. The maximum atomic E-state index is 12.0. The third-order valence-corrected chi connectivity index (χ3v) is 2.74. The largest absolute Gasteiger partial charge is 0.415 e. The van der Waals surface area contributed by atoms with Crippen molar-refractivity contribution in [1.82, 2.24) is 5.32 Å². The Bertz CT molecular complexity index is 440. The minimum Gasteiger partial charge on any atom is -0.379 e. The van der Waals surface area contributed by atoms with E-state index < -0.39 is 11.5 Å². The molecule has 1 rings (SSSR count). The highest BCUT2D eigenvalue weighted by molar-refractivity contribution is 5.93. The molecule has 1 amide bonds. The number of benzene rings is 1. The molecule has 0 atom stereocenters. The molecule has 0 saturated heterocycles. The van der Waals surface area contributed by atoms with Gasteiger partial charge in [-0.05, 0) is 19.4 Å². The second kappa shape index (κ2) is 5.95. The maximum Gasteiger partial charge on any atom is 0.415 e. The van der Waals surface area contributed by atoms with Crippen LogP contribution in [-0.2, 0) is 19.7 Å². The fourth-order valence-electron chi connectivity index (χ4n) is 1.47. The van der Waals surface area contributed by atoms with Crippen molar-refractivity contribution in [1.29, 1.82) is 0 Å². The summed E-state index contributed by atoms with van der Waals surface area (Å²) >= 11 is 0. The van der Waals surface area contributed by atoms with Gasteiger partial charge in [0.1, 0.15) is 0 Å². The number of amides is 1. The van der Waals surface area contributed by atoms with E-state index in [-0.39, 0.29) is 18.8 Å². The molecule has 0 unspecified atom stereocenters. The average molecular weight is 249 g/mol. The van der Waals surface area contributed by atoms with Gasteiger partial charge in [0, 0.05) is 0 Å². The number of ether oxygens (including phenoxy) is 1. The fraction of sp³-hybridized carbons (Fsp3) is 0.308. The van der Waals surface area contributed by atoms with Crippen LogP contribution in [0.1, 0.15) is 19.4 Å². The fourth-order valence-corrected chi connectivity index (χ4v) is 1.47. The van der Waals surface area contributed by atoms with Crippen molar-refractivity contribution in [2.24, 2.45) is 0 Å². The Morgan fingerprint density at radius 3 is 2.44 bits per heavy atom. The summed E-state index contributed by atoms with van der Waals surface area (Å²) in [6.45, 7) is 3.38. The second-order valence-corrected chi connectivity index (χ2v) is 4.27. The van der Waals surface area contributed by atoms with Crippen LogP contribution in [0, 0.1) is 0 Å². The summed E-state index contributed by atoms with van der Waals surface area (Å²) in [5.74, 6) is -0.170. The molecule has 5 heteroatoms. The molecule has 0 aliphatic rings. The van der Waals surface area contributed by atoms with Crippen LogP contribution in [0.15, 0.2) is 30.3 Å². The van der Waals surface area contributed by atoms with Crippen molar-refractivity contribution in [2.75, 3.05) is 6.54 Å². The van der Waals surface area contributed by atoms with Gasteiger partial charge in [0.25, 0.3) is 0 Å². The van der Waals surface area contributed by atoms with E-state index >= 15 is 0 Å². The molecule has 0 saturated carbocycles. The van der Waals surface area contributed by atoms with E-state index in [9.17, 15) is 14.4 Å². The van der Waals surface area contributed by atoms with E-state index in [4.69, 9.17) is 0 Å². The number of hydrogen-bond donors (Lipinski definition) is 1. The van der Waals surface area contributed by atoms with E-state index in [1.807, 2.05) is 30.3 Å². The zero-order valence-electron chi connectivity index (χ0n) is 10.3. The summed E-state index contributed by atoms with van der Waals surface area (Å²) in [5.41, 5.74) is 0.149. The Labute approximate surface area is 105 Å². The van der Waals surface area contributed by atoms with Gasteiger partial charge in [-0.15, -0.1) is 0 Å². The topological polar surface area (TPSA) is 72.5 Å². The van der Waals surface area contributed by atoms with Gasteiger partial charge in [0.15, 0.2) is 5.78 Å². The molecule has 0 heterocycles. The Morgan fingerprint density at radius 2 is 1.89 bits per heavy atom. The van der Waals surface area contributed by atoms with Crippen molar-refractivity contribution in [3.63, 3.8) is 0 Å². The van der Waals surface area contributed by atoms with Gasteiger partial charge in [-0.1, -0.05) is 30.3 Å². The monoisotopic (exact) mass is 249 g/mol. The minimum atomic E-state index is -0.929. The zero-order chi connectivity index (χ0) is 13.6. The van der Waals surface area contributed by atoms with Crippen LogP contribution in [0.5, 0.6) is 0 Å². The lowest BCUT2D eigenvalue weighted by Gasteiger charge is -2.23. The predicted molar refractivity (Wildman–Crippen MR) is 65.0 cm³/mol. The predicted octanol–water partition coefficient (Wildman–Crippen LogP) is 1.42. The highest BCUT2D eigenvalue weighted by Gasteiger charge is 2.29. The van der Waals surface area contributed by atoms with Crippen LogP contribution < -0.4 is 5.32 Å². The number of hydrogen-bond acceptors (Lipinski definition) is 4. The van der Waals surface area contributed by atoms with Gasteiger partial charge in [0.2, 0.25) is 0 Å². The van der Waals surface area contributed by atoms with Crippen LogP contribution >= 0.6 is 0 Å². The molecule has 0 bridgehead atoms. The van der Waals surface area contributed by atoms with E-state index in [0.29, 0.717) is 0 Å². The number of Topliss-reactive ketones (excluding diaryl/α,β-unsaturated/α-hetero) is 1. The standard InChI is InChI=1S/C13H15NO4/c1-13(2,10-6-4-3-5-7-10)11(16)8-14-12(17)18-9-15/h3-7,9H,8H2,1-2H3,(H,14,17). The lowest BCUT2D eigenvalue weighted by molar-refractivity contribution is -0.125. The third kappa shape index (κ3) is 3.41. The zero-order valence-corrected chi connectivity index (χ0v) is 10.3. The summed E-state index contributed by atoms with van der Waals surface area (Å²) in [5, 5.41) is 2.22. The van der Waals surface area contributed by atoms with Gasteiger partial charge in [-0.3, -0.25) is 9.59 Å². The van der Waals surface area contributed by atoms with Gasteiger partial charge in [-0.2, -0.15) is 0 Å². The summed E-state index contributed by atoms with van der Waals surface area (Å²) in [4.78, 5) is 32.8. The molecular formula is C13H15NO4. The van der Waals surface area contributed by atoms with Crippen molar-refractivity contribution < 1.29 is 19.1 Å². The molecule has 0 fully saturated rings. The highest BCUT2D eigenvalue weighted by Crippen LogP contribution is 2.23. The molecule has 18 heavy (non-hydrogen) atoms. The maximum absolute atomic E-state index is 12.0. The summed E-state index contributed by atoms with van der Waals surface area (Å²) in [6.07, 6.45) is -0.929. The number of nitrogens with one attached hydrogen (secondary N) is 1. The first-order chi connectivity index (χ1) is 8.48. The van der Waals surface area contributed by atoms with E-state index in [0.717, 1.165) is 5.56 Å². The second-order valence-electron chi connectivity index (χ2n) is 4.27. The molecule has 0 aliphatic heterocycles. The van der Waals surface area contributed by atoms with Gasteiger partial charge in [-0.25, -0.2) is 4.79 Å². The number of rotatable bonds is 5. The van der Waals surface area contributed by atoms with Gasteiger partial charge in [0.05, 0.1) is 12.0 Å². The number of ketones is 1.